The zero-order chi connectivity index (χ0) is 21.8. The maximum atomic E-state index is 12.8. The van der Waals surface area contributed by atoms with Crippen LogP contribution in [0.15, 0.2) is 56.4 Å². The molecule has 0 amide bonds. The molecule has 0 spiro atoms. The molecule has 31 heavy (non-hydrogen) atoms. The van der Waals surface area contributed by atoms with Crippen LogP contribution in [-0.4, -0.2) is 66.6 Å². The van der Waals surface area contributed by atoms with E-state index in [1.165, 1.54) is 16.4 Å². The Bertz CT molecular complexity index is 1130. The fourth-order valence-electron chi connectivity index (χ4n) is 3.23. The van der Waals surface area contributed by atoms with Crippen LogP contribution in [0, 0.1) is 0 Å². The molecule has 1 saturated heterocycles. The average molecular weight is 446 g/mol. The number of piperazine rings is 1. The van der Waals surface area contributed by atoms with E-state index in [2.05, 4.69) is 10.2 Å². The van der Waals surface area contributed by atoms with Crippen LogP contribution in [-0.2, 0) is 21.3 Å². The molecule has 0 bridgehead atoms. The number of hydrogen-bond donors (Lipinski definition) is 0. The average Bonchev–Trinajstić information content (AvgIpc) is 3.46. The van der Waals surface area contributed by atoms with Crippen LogP contribution in [0.4, 0.5) is 0 Å². The summed E-state index contributed by atoms with van der Waals surface area (Å²) in [5, 5.41) is 7.89. The molecule has 10 nitrogen and oxygen atoms in total. The standard InChI is InChI=1S/C20H22N4O6S/c1-2-28-20(25)16-8-9-18(29-16)31(26,27)24-12-10-23(11-13-24)14-17-21-22-19(30-17)15-6-4-3-5-7-15/h3-9H,2,10-14H2,1H3. The molecule has 3 aromatic rings. The predicted molar refractivity (Wildman–Crippen MR) is 108 cm³/mol. The number of esters is 1. The van der Waals surface area contributed by atoms with E-state index < -0.39 is 16.0 Å². The topological polar surface area (TPSA) is 119 Å². The first-order valence-corrected chi connectivity index (χ1v) is 11.3. The lowest BCUT2D eigenvalue weighted by Crippen LogP contribution is -2.48. The molecule has 1 aromatic carbocycles. The number of carbonyl (C=O) groups excluding carboxylic acids is 1. The molecule has 11 heteroatoms. The summed E-state index contributed by atoms with van der Waals surface area (Å²) in [6, 6.07) is 12.1. The summed E-state index contributed by atoms with van der Waals surface area (Å²) >= 11 is 0. The molecule has 0 radical (unpaired) electrons. The van der Waals surface area contributed by atoms with Gasteiger partial charge in [-0.15, -0.1) is 10.2 Å². The van der Waals surface area contributed by atoms with Gasteiger partial charge in [-0.1, -0.05) is 18.2 Å². The second kappa shape index (κ2) is 9.00. The van der Waals surface area contributed by atoms with Crippen LogP contribution in [0.3, 0.4) is 0 Å². The van der Waals surface area contributed by atoms with E-state index in [9.17, 15) is 13.2 Å². The van der Waals surface area contributed by atoms with Crippen molar-refractivity contribution in [3.63, 3.8) is 0 Å². The van der Waals surface area contributed by atoms with Crippen LogP contribution < -0.4 is 0 Å². The van der Waals surface area contributed by atoms with Crippen molar-refractivity contribution in [3.8, 4) is 11.5 Å². The molecule has 0 saturated carbocycles. The van der Waals surface area contributed by atoms with Crippen molar-refractivity contribution in [2.75, 3.05) is 32.8 Å². The Hall–Kier alpha value is -3.02. The van der Waals surface area contributed by atoms with Crippen molar-refractivity contribution in [3.05, 3.63) is 54.1 Å². The minimum Gasteiger partial charge on any atom is -0.460 e. The lowest BCUT2D eigenvalue weighted by Gasteiger charge is -2.32. The van der Waals surface area contributed by atoms with E-state index in [-0.39, 0.29) is 30.5 Å². The number of carbonyl (C=O) groups is 1. The zero-order valence-electron chi connectivity index (χ0n) is 16.9. The number of rotatable bonds is 7. The number of ether oxygens (including phenoxy) is 1. The Kier molecular flexibility index (Phi) is 6.16. The van der Waals surface area contributed by atoms with Gasteiger partial charge >= 0.3 is 5.97 Å². The number of sulfonamides is 1. The van der Waals surface area contributed by atoms with Crippen LogP contribution in [0.5, 0.6) is 0 Å². The number of furan rings is 1. The molecule has 0 atom stereocenters. The Balaban J connectivity index is 1.35. The summed E-state index contributed by atoms with van der Waals surface area (Å²) in [5.74, 6) is 0.0974. The minimum absolute atomic E-state index is 0.135. The Morgan fingerprint density at radius 1 is 1.03 bits per heavy atom. The third-order valence-corrected chi connectivity index (χ3v) is 6.60. The van der Waals surface area contributed by atoms with Gasteiger partial charge in [0.25, 0.3) is 10.0 Å². The summed E-state index contributed by atoms with van der Waals surface area (Å²) in [4.78, 5) is 13.8. The molecule has 0 unspecified atom stereocenters. The van der Waals surface area contributed by atoms with Crippen molar-refractivity contribution in [2.45, 2.75) is 18.6 Å². The smallest absolute Gasteiger partial charge is 0.374 e. The van der Waals surface area contributed by atoms with Gasteiger partial charge < -0.3 is 13.6 Å². The summed E-state index contributed by atoms with van der Waals surface area (Å²) in [5.41, 5.74) is 0.845. The molecule has 1 fully saturated rings. The van der Waals surface area contributed by atoms with Crippen molar-refractivity contribution in [2.24, 2.45) is 0 Å². The molecule has 0 N–H and O–H groups in total. The Morgan fingerprint density at radius 3 is 2.48 bits per heavy atom. The van der Waals surface area contributed by atoms with Crippen LogP contribution >= 0.6 is 0 Å². The maximum Gasteiger partial charge on any atom is 0.374 e. The molecule has 0 aliphatic carbocycles. The van der Waals surface area contributed by atoms with Crippen molar-refractivity contribution in [1.82, 2.24) is 19.4 Å². The van der Waals surface area contributed by atoms with Crippen LogP contribution in [0.1, 0.15) is 23.4 Å². The molecule has 1 aliphatic rings. The molecule has 1 aliphatic heterocycles. The second-order valence-corrected chi connectivity index (χ2v) is 8.76. The highest BCUT2D eigenvalue weighted by Crippen LogP contribution is 2.22. The number of hydrogen-bond acceptors (Lipinski definition) is 9. The normalized spacial score (nSPS) is 15.8. The highest BCUT2D eigenvalue weighted by atomic mass is 32.2. The largest absolute Gasteiger partial charge is 0.460 e. The predicted octanol–water partition coefficient (Wildman–Crippen LogP) is 2.01. The van der Waals surface area contributed by atoms with Gasteiger partial charge in [-0.05, 0) is 31.2 Å². The first kappa shape index (κ1) is 21.2. The molecule has 3 heterocycles. The second-order valence-electron chi connectivity index (χ2n) is 6.89. The quantitative estimate of drug-likeness (QED) is 0.502. The van der Waals surface area contributed by atoms with Gasteiger partial charge in [-0.25, -0.2) is 13.2 Å². The van der Waals surface area contributed by atoms with Crippen molar-refractivity contribution < 1.29 is 26.8 Å². The minimum atomic E-state index is -3.84. The van der Waals surface area contributed by atoms with Gasteiger partial charge in [0.2, 0.25) is 22.6 Å². The zero-order valence-corrected chi connectivity index (χ0v) is 17.7. The summed E-state index contributed by atoms with van der Waals surface area (Å²) in [6.07, 6.45) is 0. The monoisotopic (exact) mass is 446 g/mol. The van der Waals surface area contributed by atoms with Gasteiger partial charge in [-0.2, -0.15) is 4.31 Å². The third kappa shape index (κ3) is 4.68. The van der Waals surface area contributed by atoms with E-state index in [0.717, 1.165) is 5.56 Å². The van der Waals surface area contributed by atoms with Gasteiger partial charge in [0.1, 0.15) is 0 Å². The molecule has 4 rings (SSSR count). The van der Waals surface area contributed by atoms with E-state index in [0.29, 0.717) is 31.4 Å². The lowest BCUT2D eigenvalue weighted by molar-refractivity contribution is 0.0483. The highest BCUT2D eigenvalue weighted by Gasteiger charge is 2.32. The first-order valence-electron chi connectivity index (χ1n) is 9.84. The van der Waals surface area contributed by atoms with Gasteiger partial charge in [0.05, 0.1) is 13.2 Å². The van der Waals surface area contributed by atoms with Crippen LogP contribution in [0.2, 0.25) is 0 Å². The van der Waals surface area contributed by atoms with Crippen molar-refractivity contribution >= 4 is 16.0 Å². The molecular weight excluding hydrogens is 424 g/mol. The SMILES string of the molecule is CCOC(=O)c1ccc(S(=O)(=O)N2CCN(Cc3nnc(-c4ccccc4)o3)CC2)o1. The lowest BCUT2D eigenvalue weighted by atomic mass is 10.2. The molecular formula is C20H22N4O6S. The van der Waals surface area contributed by atoms with Gasteiger partial charge in [0.15, 0.2) is 0 Å². The highest BCUT2D eigenvalue weighted by molar-refractivity contribution is 7.89. The first-order chi connectivity index (χ1) is 15.0. The van der Waals surface area contributed by atoms with E-state index >= 15 is 0 Å². The van der Waals surface area contributed by atoms with Gasteiger partial charge in [-0.3, -0.25) is 4.90 Å². The molecule has 164 valence electrons. The fraction of sp³-hybridized carbons (Fsp3) is 0.350. The third-order valence-electron chi connectivity index (χ3n) is 4.83. The van der Waals surface area contributed by atoms with E-state index in [1.54, 1.807) is 6.92 Å². The Morgan fingerprint density at radius 2 is 1.77 bits per heavy atom. The summed E-state index contributed by atoms with van der Waals surface area (Å²) in [6.45, 7) is 3.81. The Labute approximate surface area is 179 Å². The summed E-state index contributed by atoms with van der Waals surface area (Å²) < 4.78 is 42.8. The number of aromatic nitrogens is 2. The number of nitrogens with zero attached hydrogens (tertiary/aromatic N) is 4. The summed E-state index contributed by atoms with van der Waals surface area (Å²) in [7, 11) is -3.84. The van der Waals surface area contributed by atoms with E-state index in [1.807, 2.05) is 35.2 Å². The van der Waals surface area contributed by atoms with Gasteiger partial charge in [0, 0.05) is 31.7 Å². The van der Waals surface area contributed by atoms with Crippen molar-refractivity contribution in [1.29, 1.82) is 0 Å². The number of benzene rings is 1. The maximum absolute atomic E-state index is 12.8. The fourth-order valence-corrected chi connectivity index (χ4v) is 4.57. The van der Waals surface area contributed by atoms with Crippen LogP contribution in [0.25, 0.3) is 11.5 Å². The molecule has 2 aromatic heterocycles. The van der Waals surface area contributed by atoms with E-state index in [4.69, 9.17) is 13.6 Å².